The fourth-order valence-corrected chi connectivity index (χ4v) is 3.13. The summed E-state index contributed by atoms with van der Waals surface area (Å²) >= 11 is 0. The van der Waals surface area contributed by atoms with Crippen molar-refractivity contribution in [1.29, 1.82) is 0 Å². The maximum absolute atomic E-state index is 14.5. The van der Waals surface area contributed by atoms with Crippen molar-refractivity contribution in [3.05, 3.63) is 0 Å². The molecule has 2 aliphatic rings. The molecule has 2 fully saturated rings. The molecule has 1 unspecified atom stereocenters. The minimum atomic E-state index is -2.88. The number of nitrogens with one attached hydrogen (secondary N) is 1. The summed E-state index contributed by atoms with van der Waals surface area (Å²) in [7, 11) is 0. The molecule has 0 aliphatic carbocycles. The summed E-state index contributed by atoms with van der Waals surface area (Å²) in [5, 5.41) is 3.27. The molecule has 2 atom stereocenters. The first-order valence-corrected chi connectivity index (χ1v) is 8.39. The van der Waals surface area contributed by atoms with Gasteiger partial charge >= 0.3 is 6.09 Å². The molecule has 0 saturated carbocycles. The Morgan fingerprint density at radius 2 is 2.04 bits per heavy atom. The molecule has 134 valence electrons. The number of hydrogen-bond acceptors (Lipinski definition) is 4. The monoisotopic (exact) mass is 333 g/mol. The molecule has 0 bridgehead atoms. The number of nitrogens with zero attached hydrogens (tertiary/aromatic N) is 2. The van der Waals surface area contributed by atoms with Gasteiger partial charge in [-0.3, -0.25) is 4.90 Å². The van der Waals surface area contributed by atoms with E-state index in [2.05, 4.69) is 17.1 Å². The number of piperazine rings is 1. The standard InChI is InChI=1S/C16H29F2N3O2/c1-12-9-19-6-8-20(12)10-13-5-7-21(11-16(13,17)18)14(22)23-15(2,3)4/h12-13,19H,5-11H2,1-4H3/t12-,13?/m0/s1. The molecule has 0 aromatic carbocycles. The van der Waals surface area contributed by atoms with Gasteiger partial charge in [-0.1, -0.05) is 0 Å². The number of amides is 1. The molecule has 1 amide bonds. The average Bonchev–Trinajstić information content (AvgIpc) is 2.41. The van der Waals surface area contributed by atoms with Crippen LogP contribution in [-0.2, 0) is 4.74 Å². The fourth-order valence-electron chi connectivity index (χ4n) is 3.13. The van der Waals surface area contributed by atoms with Crippen LogP contribution in [0.4, 0.5) is 13.6 Å². The maximum atomic E-state index is 14.5. The lowest BCUT2D eigenvalue weighted by Gasteiger charge is -2.42. The largest absolute Gasteiger partial charge is 0.444 e. The SMILES string of the molecule is C[C@H]1CNCCN1CC1CCN(C(=O)OC(C)(C)C)CC1(F)F. The van der Waals surface area contributed by atoms with Gasteiger partial charge in [0.1, 0.15) is 5.60 Å². The summed E-state index contributed by atoms with van der Waals surface area (Å²) in [6.07, 6.45) is -0.339. The van der Waals surface area contributed by atoms with Crippen molar-refractivity contribution in [2.24, 2.45) is 5.92 Å². The number of rotatable bonds is 2. The molecule has 0 spiro atoms. The number of ether oxygens (including phenoxy) is 1. The Morgan fingerprint density at radius 3 is 2.61 bits per heavy atom. The summed E-state index contributed by atoms with van der Waals surface area (Å²) < 4.78 is 34.2. The van der Waals surface area contributed by atoms with Gasteiger partial charge in [-0.25, -0.2) is 13.6 Å². The van der Waals surface area contributed by atoms with E-state index in [4.69, 9.17) is 4.74 Å². The van der Waals surface area contributed by atoms with Gasteiger partial charge in [-0.15, -0.1) is 0 Å². The van der Waals surface area contributed by atoms with Crippen molar-refractivity contribution in [3.63, 3.8) is 0 Å². The van der Waals surface area contributed by atoms with E-state index in [0.29, 0.717) is 19.5 Å². The van der Waals surface area contributed by atoms with Crippen LogP contribution in [-0.4, -0.2) is 72.7 Å². The number of carbonyl (C=O) groups is 1. The second-order valence-electron chi connectivity index (χ2n) is 7.70. The van der Waals surface area contributed by atoms with Gasteiger partial charge in [0.15, 0.2) is 0 Å². The Kier molecular flexibility index (Phi) is 5.51. The van der Waals surface area contributed by atoms with Crippen LogP contribution >= 0.6 is 0 Å². The number of piperidine rings is 1. The molecule has 5 nitrogen and oxygen atoms in total. The molecule has 2 heterocycles. The number of hydrogen-bond donors (Lipinski definition) is 1. The smallest absolute Gasteiger partial charge is 0.410 e. The minimum Gasteiger partial charge on any atom is -0.444 e. The van der Waals surface area contributed by atoms with Crippen molar-refractivity contribution < 1.29 is 18.3 Å². The van der Waals surface area contributed by atoms with Crippen molar-refractivity contribution in [1.82, 2.24) is 15.1 Å². The van der Waals surface area contributed by atoms with Crippen LogP contribution < -0.4 is 5.32 Å². The molecule has 1 N–H and O–H groups in total. The number of carbonyl (C=O) groups excluding carboxylic acids is 1. The zero-order chi connectivity index (χ0) is 17.3. The highest BCUT2D eigenvalue weighted by atomic mass is 19.3. The molecule has 7 heteroatoms. The van der Waals surface area contributed by atoms with Gasteiger partial charge in [-0.05, 0) is 34.1 Å². The van der Waals surface area contributed by atoms with E-state index in [-0.39, 0.29) is 6.04 Å². The number of alkyl halides is 2. The Morgan fingerprint density at radius 1 is 1.35 bits per heavy atom. The molecule has 2 saturated heterocycles. The Balaban J connectivity index is 1.93. The zero-order valence-electron chi connectivity index (χ0n) is 14.6. The van der Waals surface area contributed by atoms with Crippen LogP contribution in [0.2, 0.25) is 0 Å². The van der Waals surface area contributed by atoms with Crippen LogP contribution in [0, 0.1) is 5.92 Å². The van der Waals surface area contributed by atoms with Crippen LogP contribution in [0.3, 0.4) is 0 Å². The maximum Gasteiger partial charge on any atom is 0.410 e. The first kappa shape index (κ1) is 18.4. The molecule has 23 heavy (non-hydrogen) atoms. The Bertz CT molecular complexity index is 426. The quantitative estimate of drug-likeness (QED) is 0.841. The third-order valence-electron chi connectivity index (χ3n) is 4.49. The number of likely N-dealkylation sites (tertiary alicyclic amines) is 1. The predicted molar refractivity (Wildman–Crippen MR) is 84.8 cm³/mol. The summed E-state index contributed by atoms with van der Waals surface area (Å²) in [6.45, 7) is 9.91. The van der Waals surface area contributed by atoms with Crippen molar-refractivity contribution in [2.45, 2.75) is 51.7 Å². The second kappa shape index (κ2) is 6.89. The summed E-state index contributed by atoms with van der Waals surface area (Å²) in [5.41, 5.74) is -0.667. The molecule has 0 radical (unpaired) electrons. The Hall–Kier alpha value is -0.950. The molecular weight excluding hydrogens is 304 g/mol. The lowest BCUT2D eigenvalue weighted by molar-refractivity contribution is -0.119. The topological polar surface area (TPSA) is 44.8 Å². The first-order valence-electron chi connectivity index (χ1n) is 8.39. The zero-order valence-corrected chi connectivity index (χ0v) is 14.6. The van der Waals surface area contributed by atoms with E-state index in [9.17, 15) is 13.6 Å². The lowest BCUT2D eigenvalue weighted by Crippen LogP contribution is -2.57. The van der Waals surface area contributed by atoms with Crippen LogP contribution in [0.1, 0.15) is 34.1 Å². The predicted octanol–water partition coefficient (Wildman–Crippen LogP) is 2.17. The second-order valence-corrected chi connectivity index (χ2v) is 7.70. The van der Waals surface area contributed by atoms with Gasteiger partial charge in [0.2, 0.25) is 0 Å². The Labute approximate surface area is 137 Å². The van der Waals surface area contributed by atoms with Gasteiger partial charge in [0.25, 0.3) is 5.92 Å². The van der Waals surface area contributed by atoms with Crippen molar-refractivity contribution in [2.75, 3.05) is 39.3 Å². The van der Waals surface area contributed by atoms with E-state index in [1.165, 1.54) is 0 Å². The lowest BCUT2D eigenvalue weighted by atomic mass is 9.91. The molecule has 0 aromatic heterocycles. The van der Waals surface area contributed by atoms with Gasteiger partial charge < -0.3 is 15.0 Å². The van der Waals surface area contributed by atoms with Crippen LogP contribution in [0.5, 0.6) is 0 Å². The highest BCUT2D eigenvalue weighted by Gasteiger charge is 2.47. The minimum absolute atomic E-state index is 0.267. The highest BCUT2D eigenvalue weighted by molar-refractivity contribution is 5.68. The normalized spacial score (nSPS) is 29.4. The summed E-state index contributed by atoms with van der Waals surface area (Å²) in [6, 6.07) is 0.267. The first-order chi connectivity index (χ1) is 10.6. The van der Waals surface area contributed by atoms with Gasteiger partial charge in [0.05, 0.1) is 6.54 Å². The summed E-state index contributed by atoms with van der Waals surface area (Å²) in [5.74, 6) is -3.58. The number of halogens is 2. The van der Waals surface area contributed by atoms with E-state index in [0.717, 1.165) is 24.5 Å². The van der Waals surface area contributed by atoms with Crippen LogP contribution in [0.15, 0.2) is 0 Å². The summed E-state index contributed by atoms with van der Waals surface area (Å²) in [4.78, 5) is 15.3. The molecule has 0 aromatic rings. The van der Waals surface area contributed by atoms with Crippen molar-refractivity contribution in [3.8, 4) is 0 Å². The van der Waals surface area contributed by atoms with Gasteiger partial charge in [-0.2, -0.15) is 0 Å². The highest BCUT2D eigenvalue weighted by Crippen LogP contribution is 2.34. The van der Waals surface area contributed by atoms with E-state index in [1.807, 2.05) is 0 Å². The molecule has 2 rings (SSSR count). The average molecular weight is 333 g/mol. The van der Waals surface area contributed by atoms with Gasteiger partial charge in [0, 0.05) is 44.7 Å². The van der Waals surface area contributed by atoms with Crippen molar-refractivity contribution >= 4 is 6.09 Å². The molecular formula is C16H29F2N3O2. The van der Waals surface area contributed by atoms with E-state index in [1.54, 1.807) is 20.8 Å². The molecule has 2 aliphatic heterocycles. The third-order valence-corrected chi connectivity index (χ3v) is 4.49. The third kappa shape index (κ3) is 5.01. The fraction of sp³-hybridized carbons (Fsp3) is 0.938. The van der Waals surface area contributed by atoms with Crippen LogP contribution in [0.25, 0.3) is 0 Å². The van der Waals surface area contributed by atoms with E-state index < -0.39 is 30.1 Å². The van der Waals surface area contributed by atoms with E-state index >= 15 is 0 Å².